The number of nitrogens with one attached hydrogen (secondary N) is 1. The summed E-state index contributed by atoms with van der Waals surface area (Å²) in [5.41, 5.74) is 6.18. The Morgan fingerprint density at radius 2 is 2.40 bits per heavy atom. The zero-order valence-electron chi connectivity index (χ0n) is 12.0. The number of rotatable bonds is 5. The standard InChI is InChI=1S/C14H23N5O/c1-9(13-5-10-2-3-11(13)4-10)16-14(20)8-19-7-12(6-15)17-18-19/h7,9-11,13H,2-6,8,15H2,1H3,(H,16,20). The van der Waals surface area contributed by atoms with E-state index in [1.54, 1.807) is 10.9 Å². The molecule has 6 nitrogen and oxygen atoms in total. The lowest BCUT2D eigenvalue weighted by Gasteiger charge is -2.28. The summed E-state index contributed by atoms with van der Waals surface area (Å²) < 4.78 is 1.55. The highest BCUT2D eigenvalue weighted by Crippen LogP contribution is 2.49. The van der Waals surface area contributed by atoms with Crippen LogP contribution in [0.1, 0.15) is 38.3 Å². The zero-order chi connectivity index (χ0) is 14.1. The lowest BCUT2D eigenvalue weighted by molar-refractivity contribution is -0.123. The van der Waals surface area contributed by atoms with Crippen LogP contribution in [0.4, 0.5) is 0 Å². The average molecular weight is 277 g/mol. The summed E-state index contributed by atoms with van der Waals surface area (Å²) in [6.07, 6.45) is 7.11. The Kier molecular flexibility index (Phi) is 3.74. The van der Waals surface area contributed by atoms with Crippen molar-refractivity contribution in [3.05, 3.63) is 11.9 Å². The first-order chi connectivity index (χ1) is 9.65. The van der Waals surface area contributed by atoms with Crippen molar-refractivity contribution in [1.82, 2.24) is 20.3 Å². The molecule has 3 rings (SSSR count). The number of carbonyl (C=O) groups excluding carboxylic acids is 1. The zero-order valence-corrected chi connectivity index (χ0v) is 12.0. The number of fused-ring (bicyclic) bond motifs is 2. The van der Waals surface area contributed by atoms with Crippen molar-refractivity contribution in [1.29, 1.82) is 0 Å². The highest BCUT2D eigenvalue weighted by atomic mass is 16.2. The van der Waals surface area contributed by atoms with Crippen LogP contribution in [0.2, 0.25) is 0 Å². The molecular formula is C14H23N5O. The number of amides is 1. The van der Waals surface area contributed by atoms with E-state index in [9.17, 15) is 4.79 Å². The van der Waals surface area contributed by atoms with Crippen molar-refractivity contribution in [2.45, 2.75) is 51.7 Å². The Morgan fingerprint density at radius 1 is 1.55 bits per heavy atom. The fourth-order valence-electron chi connectivity index (χ4n) is 3.97. The monoisotopic (exact) mass is 277 g/mol. The van der Waals surface area contributed by atoms with Crippen LogP contribution in [-0.4, -0.2) is 26.9 Å². The van der Waals surface area contributed by atoms with Crippen LogP contribution in [0.5, 0.6) is 0 Å². The second-order valence-electron chi connectivity index (χ2n) is 6.31. The van der Waals surface area contributed by atoms with Gasteiger partial charge in [0.25, 0.3) is 0 Å². The summed E-state index contributed by atoms with van der Waals surface area (Å²) in [5.74, 6) is 2.40. The molecule has 2 aliphatic carbocycles. The van der Waals surface area contributed by atoms with E-state index in [0.29, 0.717) is 18.2 Å². The van der Waals surface area contributed by atoms with Gasteiger partial charge in [0.2, 0.25) is 5.91 Å². The van der Waals surface area contributed by atoms with Crippen LogP contribution in [0.3, 0.4) is 0 Å². The molecule has 1 aromatic rings. The van der Waals surface area contributed by atoms with Gasteiger partial charge in [-0.2, -0.15) is 0 Å². The highest BCUT2D eigenvalue weighted by Gasteiger charge is 2.42. The molecule has 0 spiro atoms. The smallest absolute Gasteiger partial charge is 0.242 e. The van der Waals surface area contributed by atoms with Crippen LogP contribution in [-0.2, 0) is 17.9 Å². The van der Waals surface area contributed by atoms with Gasteiger partial charge in [0.05, 0.1) is 11.9 Å². The molecule has 1 aromatic heterocycles. The Bertz CT molecular complexity index is 486. The van der Waals surface area contributed by atoms with Gasteiger partial charge in [-0.3, -0.25) is 4.79 Å². The normalized spacial score (nSPS) is 29.6. The molecule has 2 aliphatic rings. The first-order valence-corrected chi connectivity index (χ1v) is 7.54. The predicted molar refractivity (Wildman–Crippen MR) is 74.5 cm³/mol. The predicted octanol–water partition coefficient (Wildman–Crippen LogP) is 0.678. The minimum Gasteiger partial charge on any atom is -0.352 e. The van der Waals surface area contributed by atoms with E-state index >= 15 is 0 Å². The summed E-state index contributed by atoms with van der Waals surface area (Å²) in [5, 5.41) is 10.9. The SMILES string of the molecule is CC(NC(=O)Cn1cc(CN)nn1)C1CC2CCC1C2. The van der Waals surface area contributed by atoms with E-state index < -0.39 is 0 Å². The number of nitrogens with zero attached hydrogens (tertiary/aromatic N) is 3. The molecular weight excluding hydrogens is 254 g/mol. The largest absolute Gasteiger partial charge is 0.352 e. The maximum absolute atomic E-state index is 12.1. The molecule has 0 saturated heterocycles. The van der Waals surface area contributed by atoms with Gasteiger partial charge in [0.1, 0.15) is 6.54 Å². The quantitative estimate of drug-likeness (QED) is 0.828. The molecule has 6 heteroatoms. The van der Waals surface area contributed by atoms with Crippen molar-refractivity contribution >= 4 is 5.91 Å². The third-order valence-corrected chi connectivity index (χ3v) is 4.92. The van der Waals surface area contributed by atoms with Gasteiger partial charge in [-0.05, 0) is 43.9 Å². The third-order valence-electron chi connectivity index (χ3n) is 4.92. The average Bonchev–Trinajstić information content (AvgIpc) is 3.13. The minimum atomic E-state index is 0.00810. The highest BCUT2D eigenvalue weighted by molar-refractivity contribution is 5.75. The Morgan fingerprint density at radius 3 is 3.00 bits per heavy atom. The van der Waals surface area contributed by atoms with Crippen molar-refractivity contribution in [2.75, 3.05) is 0 Å². The van der Waals surface area contributed by atoms with Gasteiger partial charge >= 0.3 is 0 Å². The Labute approximate surface area is 119 Å². The molecule has 4 atom stereocenters. The molecule has 2 fully saturated rings. The first kappa shape index (κ1) is 13.5. The van der Waals surface area contributed by atoms with Crippen molar-refractivity contribution in [3.63, 3.8) is 0 Å². The van der Waals surface area contributed by atoms with Gasteiger partial charge in [-0.15, -0.1) is 5.10 Å². The second-order valence-corrected chi connectivity index (χ2v) is 6.31. The molecule has 2 saturated carbocycles. The number of nitrogens with two attached hydrogens (primary N) is 1. The summed E-state index contributed by atoms with van der Waals surface area (Å²) in [7, 11) is 0. The Hall–Kier alpha value is -1.43. The fourth-order valence-corrected chi connectivity index (χ4v) is 3.97. The third kappa shape index (κ3) is 2.70. The number of hydrogen-bond donors (Lipinski definition) is 2. The van der Waals surface area contributed by atoms with Crippen LogP contribution in [0, 0.1) is 17.8 Å². The lowest BCUT2D eigenvalue weighted by atomic mass is 9.84. The molecule has 0 radical (unpaired) electrons. The van der Waals surface area contributed by atoms with Crippen LogP contribution >= 0.6 is 0 Å². The molecule has 1 amide bonds. The van der Waals surface area contributed by atoms with E-state index in [0.717, 1.165) is 11.8 Å². The molecule has 20 heavy (non-hydrogen) atoms. The van der Waals surface area contributed by atoms with E-state index in [4.69, 9.17) is 5.73 Å². The maximum atomic E-state index is 12.1. The topological polar surface area (TPSA) is 85.8 Å². The van der Waals surface area contributed by atoms with Crippen molar-refractivity contribution < 1.29 is 4.79 Å². The van der Waals surface area contributed by atoms with Crippen molar-refractivity contribution in [2.24, 2.45) is 23.5 Å². The summed E-state index contributed by atoms with van der Waals surface area (Å²) >= 11 is 0. The molecule has 2 bridgehead atoms. The summed E-state index contributed by atoms with van der Waals surface area (Å²) in [4.78, 5) is 12.1. The van der Waals surface area contributed by atoms with Gasteiger partial charge in [0.15, 0.2) is 0 Å². The summed E-state index contributed by atoms with van der Waals surface area (Å²) in [6.45, 7) is 2.71. The molecule has 0 aromatic carbocycles. The van der Waals surface area contributed by atoms with Gasteiger partial charge in [-0.1, -0.05) is 11.6 Å². The second kappa shape index (κ2) is 5.52. The molecule has 4 unspecified atom stereocenters. The lowest BCUT2D eigenvalue weighted by Crippen LogP contribution is -2.41. The van der Waals surface area contributed by atoms with Crippen LogP contribution in [0.15, 0.2) is 6.20 Å². The van der Waals surface area contributed by atoms with Gasteiger partial charge in [-0.25, -0.2) is 4.68 Å². The van der Waals surface area contributed by atoms with E-state index in [2.05, 4.69) is 22.6 Å². The molecule has 0 aliphatic heterocycles. The molecule has 3 N–H and O–H groups in total. The number of aromatic nitrogens is 3. The molecule has 1 heterocycles. The minimum absolute atomic E-state index is 0.00810. The van der Waals surface area contributed by atoms with Gasteiger partial charge in [0, 0.05) is 12.6 Å². The molecule has 110 valence electrons. The van der Waals surface area contributed by atoms with Crippen LogP contribution in [0.25, 0.3) is 0 Å². The van der Waals surface area contributed by atoms with E-state index in [1.165, 1.54) is 25.7 Å². The Balaban J connectivity index is 1.51. The van der Waals surface area contributed by atoms with Crippen molar-refractivity contribution in [3.8, 4) is 0 Å². The van der Waals surface area contributed by atoms with E-state index in [-0.39, 0.29) is 18.5 Å². The van der Waals surface area contributed by atoms with Gasteiger partial charge < -0.3 is 11.1 Å². The number of carbonyl (C=O) groups is 1. The van der Waals surface area contributed by atoms with E-state index in [1.807, 2.05) is 0 Å². The van der Waals surface area contributed by atoms with Crippen LogP contribution < -0.4 is 11.1 Å². The maximum Gasteiger partial charge on any atom is 0.242 e. The number of hydrogen-bond acceptors (Lipinski definition) is 4. The summed E-state index contributed by atoms with van der Waals surface area (Å²) in [6, 6.07) is 0.260. The first-order valence-electron chi connectivity index (χ1n) is 7.54. The fraction of sp³-hybridized carbons (Fsp3) is 0.786.